The molecule has 0 spiro atoms. The van der Waals surface area contributed by atoms with Gasteiger partial charge >= 0.3 is 0 Å². The summed E-state index contributed by atoms with van der Waals surface area (Å²) < 4.78 is 7.46. The number of rotatable bonds is 7. The van der Waals surface area contributed by atoms with Crippen molar-refractivity contribution in [3.8, 4) is 11.3 Å². The van der Waals surface area contributed by atoms with Crippen LogP contribution in [0.25, 0.3) is 11.3 Å². The normalized spacial score (nSPS) is 11.3. The largest absolute Gasteiger partial charge is 0.464 e. The van der Waals surface area contributed by atoms with Crippen molar-refractivity contribution in [2.45, 2.75) is 33.5 Å². The van der Waals surface area contributed by atoms with Crippen molar-refractivity contribution >= 4 is 0 Å². The Kier molecular flexibility index (Phi) is 4.93. The van der Waals surface area contributed by atoms with Gasteiger partial charge in [-0.25, -0.2) is 0 Å². The third-order valence-corrected chi connectivity index (χ3v) is 4.00. The predicted molar refractivity (Wildman–Crippen MR) is 91.8 cm³/mol. The molecule has 0 aliphatic heterocycles. The number of aromatic nitrogens is 2. The summed E-state index contributed by atoms with van der Waals surface area (Å²) in [7, 11) is 0. The summed E-state index contributed by atoms with van der Waals surface area (Å²) in [5, 5.41) is 4.35. The molecule has 2 heterocycles. The van der Waals surface area contributed by atoms with E-state index in [1.807, 2.05) is 23.0 Å². The van der Waals surface area contributed by atoms with Crippen molar-refractivity contribution in [2.24, 2.45) is 0 Å². The fraction of sp³-hybridized carbons (Fsp3) is 0.316. The van der Waals surface area contributed by atoms with Crippen LogP contribution >= 0.6 is 0 Å². The van der Waals surface area contributed by atoms with Gasteiger partial charge < -0.3 is 4.42 Å². The van der Waals surface area contributed by atoms with Gasteiger partial charge in [-0.15, -0.1) is 0 Å². The Morgan fingerprint density at radius 2 is 1.96 bits per heavy atom. The van der Waals surface area contributed by atoms with Crippen LogP contribution in [0.15, 0.2) is 59.5 Å². The van der Waals surface area contributed by atoms with Crippen LogP contribution in [0, 0.1) is 0 Å². The maximum atomic E-state index is 5.49. The predicted octanol–water partition coefficient (Wildman–Crippen LogP) is 4.19. The van der Waals surface area contributed by atoms with Crippen LogP contribution in [-0.2, 0) is 19.6 Å². The summed E-state index contributed by atoms with van der Waals surface area (Å²) >= 11 is 0. The third kappa shape index (κ3) is 3.90. The number of furan rings is 1. The second-order valence-electron chi connectivity index (χ2n) is 5.69. The molecular weight excluding hydrogens is 286 g/mol. The molecule has 0 aliphatic rings. The summed E-state index contributed by atoms with van der Waals surface area (Å²) in [6.45, 7) is 8.05. The van der Waals surface area contributed by atoms with Crippen molar-refractivity contribution in [3.05, 3.63) is 66.2 Å². The summed E-state index contributed by atoms with van der Waals surface area (Å²) in [4.78, 5) is 2.41. The number of hydrogen-bond donors (Lipinski definition) is 0. The molecule has 3 aromatic rings. The van der Waals surface area contributed by atoms with Gasteiger partial charge in [-0.1, -0.05) is 25.1 Å². The lowest BCUT2D eigenvalue weighted by Crippen LogP contribution is -2.22. The Balaban J connectivity index is 1.70. The Morgan fingerprint density at radius 3 is 2.65 bits per heavy atom. The van der Waals surface area contributed by atoms with Gasteiger partial charge in [-0.3, -0.25) is 9.58 Å². The van der Waals surface area contributed by atoms with Gasteiger partial charge in [0.1, 0.15) is 5.76 Å². The zero-order valence-corrected chi connectivity index (χ0v) is 13.8. The van der Waals surface area contributed by atoms with Gasteiger partial charge in [0.2, 0.25) is 0 Å². The molecule has 3 rings (SSSR count). The highest BCUT2D eigenvalue weighted by molar-refractivity contribution is 5.58. The molecule has 0 unspecified atom stereocenters. The van der Waals surface area contributed by atoms with Gasteiger partial charge in [-0.2, -0.15) is 5.10 Å². The lowest BCUT2D eigenvalue weighted by molar-refractivity contribution is 0.271. The van der Waals surface area contributed by atoms with Gasteiger partial charge in [0, 0.05) is 37.0 Å². The first-order valence-corrected chi connectivity index (χ1v) is 8.15. The molecule has 0 saturated carbocycles. The average molecular weight is 309 g/mol. The molecule has 0 amide bonds. The maximum Gasteiger partial charge on any atom is 0.133 e. The first kappa shape index (κ1) is 15.6. The average Bonchev–Trinajstić information content (AvgIpc) is 3.26. The monoisotopic (exact) mass is 309 g/mol. The minimum absolute atomic E-state index is 0.914. The first-order valence-electron chi connectivity index (χ1n) is 8.15. The van der Waals surface area contributed by atoms with Crippen LogP contribution in [-0.4, -0.2) is 21.2 Å². The van der Waals surface area contributed by atoms with Crippen molar-refractivity contribution in [1.82, 2.24) is 14.7 Å². The summed E-state index contributed by atoms with van der Waals surface area (Å²) in [6, 6.07) is 12.5. The van der Waals surface area contributed by atoms with E-state index < -0.39 is 0 Å². The quantitative estimate of drug-likeness (QED) is 0.656. The van der Waals surface area contributed by atoms with Crippen molar-refractivity contribution in [3.63, 3.8) is 0 Å². The Hall–Kier alpha value is -2.33. The molecule has 0 radical (unpaired) electrons. The first-order chi connectivity index (χ1) is 11.3. The van der Waals surface area contributed by atoms with Crippen molar-refractivity contribution in [1.29, 1.82) is 0 Å². The minimum Gasteiger partial charge on any atom is -0.464 e. The molecule has 0 fully saturated rings. The number of aryl methyl sites for hydroxylation is 1. The van der Waals surface area contributed by atoms with E-state index in [0.29, 0.717) is 0 Å². The fourth-order valence-electron chi connectivity index (χ4n) is 2.72. The molecule has 23 heavy (non-hydrogen) atoms. The lowest BCUT2D eigenvalue weighted by atomic mass is 10.1. The summed E-state index contributed by atoms with van der Waals surface area (Å²) in [5.74, 6) is 0.916. The molecule has 0 atom stereocenters. The van der Waals surface area contributed by atoms with E-state index in [-0.39, 0.29) is 0 Å². The molecule has 1 aromatic carbocycles. The molecule has 120 valence electrons. The molecule has 0 bridgehead atoms. The molecule has 4 nitrogen and oxygen atoms in total. The number of nitrogens with zero attached hydrogens (tertiary/aromatic N) is 3. The van der Waals surface area contributed by atoms with Crippen LogP contribution in [0.4, 0.5) is 0 Å². The van der Waals surface area contributed by atoms with Crippen LogP contribution in [0.2, 0.25) is 0 Å². The van der Waals surface area contributed by atoms with E-state index in [2.05, 4.69) is 54.3 Å². The molecule has 4 heteroatoms. The maximum absolute atomic E-state index is 5.49. The van der Waals surface area contributed by atoms with Gasteiger partial charge in [0.25, 0.3) is 0 Å². The van der Waals surface area contributed by atoms with Crippen LogP contribution in [0.1, 0.15) is 25.0 Å². The van der Waals surface area contributed by atoms with E-state index in [1.165, 1.54) is 11.1 Å². The smallest absolute Gasteiger partial charge is 0.133 e. The highest BCUT2D eigenvalue weighted by Gasteiger charge is 2.08. The summed E-state index contributed by atoms with van der Waals surface area (Å²) in [5.41, 5.74) is 3.68. The van der Waals surface area contributed by atoms with E-state index in [1.54, 1.807) is 6.26 Å². The molecule has 0 N–H and O–H groups in total. The van der Waals surface area contributed by atoms with E-state index in [4.69, 9.17) is 4.42 Å². The van der Waals surface area contributed by atoms with Crippen LogP contribution < -0.4 is 0 Å². The van der Waals surface area contributed by atoms with Crippen molar-refractivity contribution in [2.75, 3.05) is 6.54 Å². The Morgan fingerprint density at radius 1 is 1.09 bits per heavy atom. The second-order valence-corrected chi connectivity index (χ2v) is 5.69. The fourth-order valence-corrected chi connectivity index (χ4v) is 2.72. The molecule has 0 aliphatic carbocycles. The number of hydrogen-bond acceptors (Lipinski definition) is 3. The SMILES string of the molecule is CCN(Cc1cccc(-c2ccco2)c1)Cc1cnn(CC)c1. The summed E-state index contributed by atoms with van der Waals surface area (Å²) in [6.07, 6.45) is 5.80. The zero-order chi connectivity index (χ0) is 16.1. The molecule has 2 aromatic heterocycles. The second kappa shape index (κ2) is 7.29. The topological polar surface area (TPSA) is 34.2 Å². The highest BCUT2D eigenvalue weighted by Crippen LogP contribution is 2.21. The van der Waals surface area contributed by atoms with Gasteiger partial charge in [0.05, 0.1) is 12.5 Å². The lowest BCUT2D eigenvalue weighted by Gasteiger charge is -2.20. The third-order valence-electron chi connectivity index (χ3n) is 4.00. The Labute approximate surface area is 137 Å². The van der Waals surface area contributed by atoms with Crippen LogP contribution in [0.3, 0.4) is 0 Å². The molecule has 0 saturated heterocycles. The highest BCUT2D eigenvalue weighted by atomic mass is 16.3. The van der Waals surface area contributed by atoms with Gasteiger partial charge in [-0.05, 0) is 37.2 Å². The number of benzene rings is 1. The van der Waals surface area contributed by atoms with Crippen LogP contribution in [0.5, 0.6) is 0 Å². The zero-order valence-electron chi connectivity index (χ0n) is 13.8. The Bertz CT molecular complexity index is 731. The standard InChI is InChI=1S/C19H23N3O/c1-3-21(14-17-12-20-22(4-2)15-17)13-16-7-5-8-18(11-16)19-9-6-10-23-19/h5-12,15H,3-4,13-14H2,1-2H3. The van der Waals surface area contributed by atoms with Crippen molar-refractivity contribution < 1.29 is 4.42 Å². The van der Waals surface area contributed by atoms with E-state index >= 15 is 0 Å². The van der Waals surface area contributed by atoms with Gasteiger partial charge in [0.15, 0.2) is 0 Å². The molecular formula is C19H23N3O. The van der Waals surface area contributed by atoms with E-state index in [9.17, 15) is 0 Å². The van der Waals surface area contributed by atoms with E-state index in [0.717, 1.165) is 37.5 Å². The minimum atomic E-state index is 0.914.